The Labute approximate surface area is 190 Å². The summed E-state index contributed by atoms with van der Waals surface area (Å²) in [5.41, 5.74) is 0.935. The van der Waals surface area contributed by atoms with E-state index in [1.807, 2.05) is 36.7 Å². The van der Waals surface area contributed by atoms with Crippen molar-refractivity contribution < 1.29 is 23.0 Å². The molecule has 164 valence electrons. The molecule has 1 aromatic carbocycles. The fourth-order valence-electron chi connectivity index (χ4n) is 2.96. The van der Waals surface area contributed by atoms with Crippen molar-refractivity contribution in [3.05, 3.63) is 23.8 Å². The van der Waals surface area contributed by atoms with Gasteiger partial charge in [0.1, 0.15) is 0 Å². The molecule has 0 saturated heterocycles. The van der Waals surface area contributed by atoms with Crippen LogP contribution < -0.4 is 9.47 Å². The van der Waals surface area contributed by atoms with E-state index in [0.29, 0.717) is 0 Å². The Balaban J connectivity index is 2.22. The van der Waals surface area contributed by atoms with Gasteiger partial charge in [-0.3, -0.25) is 0 Å². The molecule has 0 fully saturated rings. The standard InChI is InChI=1S/C22H36O2S.2ClH.Ru/c1-19(2)24-22-15-14-21(18-20(22)3)23-16-12-10-8-6-4-5-7-9-11-13-17-25;;;/h3,14-15,18-19,25H,4-13,16-17H2,1-2H3;2*1H;/q;;;+2/p-2. The van der Waals surface area contributed by atoms with Crippen molar-refractivity contribution >= 4 is 36.6 Å². The summed E-state index contributed by atoms with van der Waals surface area (Å²) in [6.45, 7) is 4.76. The SMILES string of the molecule is CC(C)Oc1ccc(OCCCCCCCCCCCCS)cc1[CH]=[Ru]([Cl])[Cl]. The second-order valence-corrected chi connectivity index (χ2v) is 13.5. The predicted molar refractivity (Wildman–Crippen MR) is 125 cm³/mol. The summed E-state index contributed by atoms with van der Waals surface area (Å²) in [6, 6.07) is 5.89. The first kappa shape index (κ1) is 26.3. The number of hydrogen-bond donors (Lipinski definition) is 1. The molecule has 28 heavy (non-hydrogen) atoms. The van der Waals surface area contributed by atoms with Crippen LogP contribution in [-0.2, 0) is 13.5 Å². The number of halogens is 2. The van der Waals surface area contributed by atoms with Gasteiger partial charge in [-0.2, -0.15) is 12.6 Å². The van der Waals surface area contributed by atoms with Crippen LogP contribution in [-0.4, -0.2) is 23.1 Å². The van der Waals surface area contributed by atoms with Gasteiger partial charge in [0.05, 0.1) is 0 Å². The van der Waals surface area contributed by atoms with Gasteiger partial charge in [0.15, 0.2) is 0 Å². The molecule has 0 aromatic heterocycles. The Morgan fingerprint density at radius 2 is 1.50 bits per heavy atom. The third kappa shape index (κ3) is 13.5. The van der Waals surface area contributed by atoms with Crippen molar-refractivity contribution in [1.82, 2.24) is 0 Å². The summed E-state index contributed by atoms with van der Waals surface area (Å²) < 4.78 is 13.7. The second-order valence-electron chi connectivity index (χ2n) is 7.28. The molecule has 1 rings (SSSR count). The molecule has 0 saturated carbocycles. The molecule has 1 aromatic rings. The predicted octanol–water partition coefficient (Wildman–Crippen LogP) is 7.76. The van der Waals surface area contributed by atoms with Crippen LogP contribution in [0.3, 0.4) is 0 Å². The number of unbranched alkanes of at least 4 members (excludes halogenated alkanes) is 9. The number of ether oxygens (including phenoxy) is 2. The molecule has 2 nitrogen and oxygen atoms in total. The molecule has 6 heteroatoms. The summed E-state index contributed by atoms with van der Waals surface area (Å²) in [6.07, 6.45) is 13.1. The van der Waals surface area contributed by atoms with Gasteiger partial charge in [-0.25, -0.2) is 0 Å². The molecule has 0 radical (unpaired) electrons. The minimum atomic E-state index is -1.91. The minimum absolute atomic E-state index is 0.110. The zero-order chi connectivity index (χ0) is 20.6. The van der Waals surface area contributed by atoms with Gasteiger partial charge in [0.2, 0.25) is 0 Å². The van der Waals surface area contributed by atoms with Crippen LogP contribution in [0.5, 0.6) is 11.5 Å². The Morgan fingerprint density at radius 3 is 2.04 bits per heavy atom. The van der Waals surface area contributed by atoms with E-state index in [1.54, 1.807) is 0 Å². The molecule has 0 N–H and O–H groups in total. The number of thiol groups is 1. The summed E-state index contributed by atoms with van der Waals surface area (Å²) >= 11 is 2.34. The van der Waals surface area contributed by atoms with Crippen LogP contribution in [0.1, 0.15) is 83.6 Å². The molecule has 0 heterocycles. The van der Waals surface area contributed by atoms with Gasteiger partial charge in [-0.05, 0) is 12.2 Å². The monoisotopic (exact) mass is 536 g/mol. The Hall–Kier alpha value is 0.243. The second kappa shape index (κ2) is 17.0. The third-order valence-corrected chi connectivity index (χ3v) is 6.50. The van der Waals surface area contributed by atoms with E-state index in [0.717, 1.165) is 35.8 Å². The van der Waals surface area contributed by atoms with Crippen molar-refractivity contribution in [2.45, 2.75) is 84.2 Å². The molecule has 0 aliphatic heterocycles. The average molecular weight is 537 g/mol. The molecular formula is C22H36Cl2O2RuS. The van der Waals surface area contributed by atoms with E-state index >= 15 is 0 Å². The van der Waals surface area contributed by atoms with E-state index in [-0.39, 0.29) is 6.10 Å². The van der Waals surface area contributed by atoms with Crippen molar-refractivity contribution in [2.24, 2.45) is 0 Å². The van der Waals surface area contributed by atoms with Crippen LogP contribution in [0, 0.1) is 0 Å². The Morgan fingerprint density at radius 1 is 0.929 bits per heavy atom. The Bertz CT molecular complexity index is 563. The maximum absolute atomic E-state index is 6.06. The fourth-order valence-corrected chi connectivity index (χ4v) is 4.97. The number of benzene rings is 1. The van der Waals surface area contributed by atoms with E-state index in [9.17, 15) is 0 Å². The van der Waals surface area contributed by atoms with Crippen LogP contribution in [0.15, 0.2) is 18.2 Å². The van der Waals surface area contributed by atoms with Gasteiger partial charge < -0.3 is 0 Å². The first-order valence-corrected chi connectivity index (χ1v) is 16.5. The molecule has 0 aliphatic carbocycles. The quantitative estimate of drug-likeness (QED) is 0.132. The summed E-state index contributed by atoms with van der Waals surface area (Å²) in [4.78, 5) is 0. The molecule has 0 unspecified atom stereocenters. The normalized spacial score (nSPS) is 11.6. The van der Waals surface area contributed by atoms with Crippen molar-refractivity contribution in [1.29, 1.82) is 0 Å². The fraction of sp³-hybridized carbons (Fsp3) is 0.682. The zero-order valence-electron chi connectivity index (χ0n) is 17.2. The average Bonchev–Trinajstić information content (AvgIpc) is 2.64. The molecule has 0 atom stereocenters. The maximum atomic E-state index is 6.06. The molecule has 0 amide bonds. The third-order valence-electron chi connectivity index (χ3n) is 4.35. The molecule has 0 spiro atoms. The van der Waals surface area contributed by atoms with Crippen LogP contribution in [0.4, 0.5) is 0 Å². The molecule has 0 bridgehead atoms. The van der Waals surface area contributed by atoms with E-state index < -0.39 is 13.5 Å². The first-order chi connectivity index (χ1) is 13.5. The van der Waals surface area contributed by atoms with Crippen LogP contribution in [0.2, 0.25) is 0 Å². The van der Waals surface area contributed by atoms with Crippen LogP contribution >= 0.6 is 32.0 Å². The van der Waals surface area contributed by atoms with Gasteiger partial charge in [0, 0.05) is 0 Å². The summed E-state index contributed by atoms with van der Waals surface area (Å²) in [5.74, 6) is 2.69. The Kier molecular flexibility index (Phi) is 15.9. The topological polar surface area (TPSA) is 18.5 Å². The number of hydrogen-bond acceptors (Lipinski definition) is 3. The number of rotatable bonds is 16. The summed E-state index contributed by atoms with van der Waals surface area (Å²) in [7, 11) is 12.1. The molecule has 0 aliphatic rings. The van der Waals surface area contributed by atoms with E-state index in [1.165, 1.54) is 57.8 Å². The van der Waals surface area contributed by atoms with Gasteiger partial charge in [-0.15, -0.1) is 0 Å². The van der Waals surface area contributed by atoms with E-state index in [4.69, 9.17) is 28.9 Å². The van der Waals surface area contributed by atoms with Gasteiger partial charge in [0.25, 0.3) is 0 Å². The van der Waals surface area contributed by atoms with Gasteiger partial charge >= 0.3 is 147 Å². The van der Waals surface area contributed by atoms with Crippen molar-refractivity contribution in [3.8, 4) is 11.5 Å². The van der Waals surface area contributed by atoms with E-state index in [2.05, 4.69) is 12.6 Å². The zero-order valence-corrected chi connectivity index (χ0v) is 21.4. The summed E-state index contributed by atoms with van der Waals surface area (Å²) in [5, 5.41) is 0. The van der Waals surface area contributed by atoms with Crippen molar-refractivity contribution in [3.63, 3.8) is 0 Å². The molecular weight excluding hydrogens is 500 g/mol. The van der Waals surface area contributed by atoms with Gasteiger partial charge in [-0.1, -0.05) is 19.3 Å². The van der Waals surface area contributed by atoms with Crippen molar-refractivity contribution in [2.75, 3.05) is 12.4 Å². The first-order valence-electron chi connectivity index (χ1n) is 10.4. The van der Waals surface area contributed by atoms with Crippen LogP contribution in [0.25, 0.3) is 0 Å².